The molecule has 1 N–H and O–H groups in total. The van der Waals surface area contributed by atoms with E-state index in [2.05, 4.69) is 52.1 Å². The molecule has 0 bridgehead atoms. The minimum Gasteiger partial charge on any atom is -0.313 e. The summed E-state index contributed by atoms with van der Waals surface area (Å²) in [4.78, 5) is 2.48. The molecular formula is C15H24BrClN2. The summed E-state index contributed by atoms with van der Waals surface area (Å²) >= 11 is 9.78. The van der Waals surface area contributed by atoms with Gasteiger partial charge in [-0.2, -0.15) is 0 Å². The van der Waals surface area contributed by atoms with E-state index in [9.17, 15) is 0 Å². The second-order valence-electron chi connectivity index (χ2n) is 4.73. The van der Waals surface area contributed by atoms with Crippen LogP contribution in [0, 0.1) is 0 Å². The average molecular weight is 348 g/mol. The highest BCUT2D eigenvalue weighted by Crippen LogP contribution is 2.28. The Morgan fingerprint density at radius 3 is 2.58 bits per heavy atom. The highest BCUT2D eigenvalue weighted by Gasteiger charge is 2.14. The van der Waals surface area contributed by atoms with Gasteiger partial charge in [0.15, 0.2) is 0 Å². The van der Waals surface area contributed by atoms with Gasteiger partial charge in [0.2, 0.25) is 0 Å². The van der Waals surface area contributed by atoms with Gasteiger partial charge in [0.25, 0.3) is 0 Å². The molecular weight excluding hydrogens is 324 g/mol. The second-order valence-corrected chi connectivity index (χ2v) is 6.05. The van der Waals surface area contributed by atoms with Crippen molar-refractivity contribution in [1.29, 1.82) is 0 Å². The van der Waals surface area contributed by atoms with Gasteiger partial charge in [-0.1, -0.05) is 47.4 Å². The number of halogens is 2. The minimum atomic E-state index is 0.312. The molecule has 0 amide bonds. The standard InChI is InChI=1S/C15H24BrClN2/c1-4-9-19(5-2)10-8-15(18-3)13-7-6-12(16)11-14(13)17/h6-7,11,15,18H,4-5,8-10H2,1-3H3. The van der Waals surface area contributed by atoms with Crippen molar-refractivity contribution in [3.8, 4) is 0 Å². The van der Waals surface area contributed by atoms with E-state index in [0.717, 1.165) is 29.0 Å². The van der Waals surface area contributed by atoms with Crippen LogP contribution in [0.1, 0.15) is 38.3 Å². The first-order valence-electron chi connectivity index (χ1n) is 6.96. The lowest BCUT2D eigenvalue weighted by atomic mass is 10.0. The number of hydrogen-bond donors (Lipinski definition) is 1. The third-order valence-corrected chi connectivity index (χ3v) is 4.23. The van der Waals surface area contributed by atoms with Gasteiger partial charge in [0.05, 0.1) is 0 Å². The third-order valence-electron chi connectivity index (χ3n) is 3.41. The average Bonchev–Trinajstić information content (AvgIpc) is 2.39. The normalized spacial score (nSPS) is 12.9. The summed E-state index contributed by atoms with van der Waals surface area (Å²) < 4.78 is 1.03. The number of hydrogen-bond acceptors (Lipinski definition) is 2. The molecule has 0 spiro atoms. The van der Waals surface area contributed by atoms with Crippen LogP contribution in [0.25, 0.3) is 0 Å². The first kappa shape index (κ1) is 17.0. The van der Waals surface area contributed by atoms with Gasteiger partial charge in [-0.05, 0) is 57.2 Å². The van der Waals surface area contributed by atoms with Gasteiger partial charge in [-0.3, -0.25) is 0 Å². The first-order chi connectivity index (χ1) is 9.12. The molecule has 0 aliphatic carbocycles. The Kier molecular flexibility index (Phi) is 8.00. The summed E-state index contributed by atoms with van der Waals surface area (Å²) in [6, 6.07) is 6.43. The maximum atomic E-state index is 6.33. The van der Waals surface area contributed by atoms with E-state index in [1.54, 1.807) is 0 Å². The summed E-state index contributed by atoms with van der Waals surface area (Å²) in [5, 5.41) is 4.20. The highest BCUT2D eigenvalue weighted by molar-refractivity contribution is 9.10. The first-order valence-corrected chi connectivity index (χ1v) is 8.14. The molecule has 0 fully saturated rings. The second kappa shape index (κ2) is 8.96. The summed E-state index contributed by atoms with van der Waals surface area (Å²) in [6.07, 6.45) is 2.28. The van der Waals surface area contributed by atoms with E-state index >= 15 is 0 Å². The minimum absolute atomic E-state index is 0.312. The van der Waals surface area contributed by atoms with Crippen LogP contribution in [-0.2, 0) is 0 Å². The maximum absolute atomic E-state index is 6.33. The van der Waals surface area contributed by atoms with Crippen molar-refractivity contribution in [3.63, 3.8) is 0 Å². The van der Waals surface area contributed by atoms with Gasteiger partial charge < -0.3 is 10.2 Å². The molecule has 0 aromatic heterocycles. The molecule has 0 aliphatic rings. The number of benzene rings is 1. The van der Waals surface area contributed by atoms with Crippen LogP contribution in [0.15, 0.2) is 22.7 Å². The molecule has 0 saturated heterocycles. The van der Waals surface area contributed by atoms with Gasteiger partial charge in [0.1, 0.15) is 0 Å². The summed E-state index contributed by atoms with van der Waals surface area (Å²) in [5.41, 5.74) is 1.18. The van der Waals surface area contributed by atoms with E-state index < -0.39 is 0 Å². The van der Waals surface area contributed by atoms with Crippen molar-refractivity contribution in [1.82, 2.24) is 10.2 Å². The number of nitrogens with one attached hydrogen (secondary N) is 1. The molecule has 108 valence electrons. The molecule has 4 heteroatoms. The van der Waals surface area contributed by atoms with Crippen LogP contribution in [0.2, 0.25) is 5.02 Å². The molecule has 1 atom stereocenters. The van der Waals surface area contributed by atoms with E-state index in [-0.39, 0.29) is 0 Å². The molecule has 0 heterocycles. The van der Waals surface area contributed by atoms with Crippen molar-refractivity contribution < 1.29 is 0 Å². The molecule has 2 nitrogen and oxygen atoms in total. The van der Waals surface area contributed by atoms with Gasteiger partial charge >= 0.3 is 0 Å². The monoisotopic (exact) mass is 346 g/mol. The molecule has 1 unspecified atom stereocenters. The predicted molar refractivity (Wildman–Crippen MR) is 88.0 cm³/mol. The fourth-order valence-electron chi connectivity index (χ4n) is 2.30. The smallest absolute Gasteiger partial charge is 0.0465 e. The van der Waals surface area contributed by atoms with Crippen LogP contribution in [0.3, 0.4) is 0 Å². The molecule has 1 rings (SSSR count). The third kappa shape index (κ3) is 5.42. The summed E-state index contributed by atoms with van der Waals surface area (Å²) in [6.45, 7) is 7.82. The SMILES string of the molecule is CCCN(CC)CCC(NC)c1ccc(Br)cc1Cl. The van der Waals surface area contributed by atoms with Crippen LogP contribution in [0.5, 0.6) is 0 Å². The van der Waals surface area contributed by atoms with E-state index in [4.69, 9.17) is 11.6 Å². The van der Waals surface area contributed by atoms with E-state index in [1.807, 2.05) is 13.1 Å². The topological polar surface area (TPSA) is 15.3 Å². The number of rotatable bonds is 8. The Hall–Kier alpha value is -0.0900. The maximum Gasteiger partial charge on any atom is 0.0465 e. The predicted octanol–water partition coefficient (Wildman–Crippen LogP) is 4.49. The Labute approximate surface area is 130 Å². The Morgan fingerprint density at radius 2 is 2.05 bits per heavy atom. The molecule has 1 aromatic carbocycles. The largest absolute Gasteiger partial charge is 0.313 e. The zero-order chi connectivity index (χ0) is 14.3. The quantitative estimate of drug-likeness (QED) is 0.745. The van der Waals surface area contributed by atoms with E-state index in [1.165, 1.54) is 18.5 Å². The van der Waals surface area contributed by atoms with Gasteiger partial charge in [-0.15, -0.1) is 0 Å². The lowest BCUT2D eigenvalue weighted by molar-refractivity contribution is 0.271. The van der Waals surface area contributed by atoms with Crippen LogP contribution >= 0.6 is 27.5 Å². The molecule has 19 heavy (non-hydrogen) atoms. The fraction of sp³-hybridized carbons (Fsp3) is 0.600. The van der Waals surface area contributed by atoms with Crippen molar-refractivity contribution >= 4 is 27.5 Å². The zero-order valence-electron chi connectivity index (χ0n) is 12.0. The number of nitrogens with zero attached hydrogens (tertiary/aromatic N) is 1. The van der Waals surface area contributed by atoms with Gasteiger partial charge in [0, 0.05) is 15.5 Å². The van der Waals surface area contributed by atoms with Crippen molar-refractivity contribution in [2.75, 3.05) is 26.7 Å². The Bertz CT molecular complexity index is 384. The lowest BCUT2D eigenvalue weighted by Gasteiger charge is -2.24. The molecule has 0 aliphatic heterocycles. The van der Waals surface area contributed by atoms with Crippen molar-refractivity contribution in [2.45, 2.75) is 32.7 Å². The van der Waals surface area contributed by atoms with E-state index in [0.29, 0.717) is 6.04 Å². The molecule has 1 aromatic rings. The zero-order valence-corrected chi connectivity index (χ0v) is 14.4. The van der Waals surface area contributed by atoms with Gasteiger partial charge in [-0.25, -0.2) is 0 Å². The summed E-state index contributed by atoms with van der Waals surface area (Å²) in [5.74, 6) is 0. The Morgan fingerprint density at radius 1 is 1.32 bits per heavy atom. The van der Waals surface area contributed by atoms with Crippen LogP contribution < -0.4 is 5.32 Å². The molecule has 0 saturated carbocycles. The lowest BCUT2D eigenvalue weighted by Crippen LogP contribution is -2.29. The fourth-order valence-corrected chi connectivity index (χ4v) is 3.10. The van der Waals surface area contributed by atoms with Crippen LogP contribution in [-0.4, -0.2) is 31.6 Å². The van der Waals surface area contributed by atoms with Crippen molar-refractivity contribution in [3.05, 3.63) is 33.3 Å². The molecule has 0 radical (unpaired) electrons. The van der Waals surface area contributed by atoms with Crippen LogP contribution in [0.4, 0.5) is 0 Å². The Balaban J connectivity index is 2.67. The highest BCUT2D eigenvalue weighted by atomic mass is 79.9. The summed E-state index contributed by atoms with van der Waals surface area (Å²) in [7, 11) is 2.00. The van der Waals surface area contributed by atoms with Crippen molar-refractivity contribution in [2.24, 2.45) is 0 Å².